The molecule has 0 aliphatic rings. The van der Waals surface area contributed by atoms with E-state index in [1.807, 2.05) is 0 Å². The highest BCUT2D eigenvalue weighted by Gasteiger charge is 2.20. The Labute approximate surface area is 101 Å². The van der Waals surface area contributed by atoms with E-state index in [2.05, 4.69) is 10.3 Å². The van der Waals surface area contributed by atoms with E-state index < -0.39 is 17.7 Å². The summed E-state index contributed by atoms with van der Waals surface area (Å²) in [6.07, 6.45) is 1.04. The Balaban J connectivity index is 2.62. The van der Waals surface area contributed by atoms with Gasteiger partial charge in [-0.05, 0) is 32.9 Å². The van der Waals surface area contributed by atoms with Gasteiger partial charge in [0, 0.05) is 6.20 Å². The predicted octanol–water partition coefficient (Wildman–Crippen LogP) is 1.64. The second-order valence-corrected chi connectivity index (χ2v) is 4.64. The van der Waals surface area contributed by atoms with Crippen molar-refractivity contribution in [3.8, 4) is 0 Å². The first-order valence-electron chi connectivity index (χ1n) is 5.43. The molecule has 1 aromatic rings. The van der Waals surface area contributed by atoms with Gasteiger partial charge in [-0.1, -0.05) is 6.07 Å². The van der Waals surface area contributed by atoms with Crippen LogP contribution in [-0.4, -0.2) is 28.4 Å². The lowest BCUT2D eigenvalue weighted by molar-refractivity contribution is 0.0480. The molecule has 0 fully saturated rings. The minimum absolute atomic E-state index is 0.226. The first kappa shape index (κ1) is 13.4. The Morgan fingerprint density at radius 3 is 2.71 bits per heavy atom. The van der Waals surface area contributed by atoms with Crippen LogP contribution in [0.2, 0.25) is 0 Å². The van der Waals surface area contributed by atoms with Gasteiger partial charge in [0.25, 0.3) is 0 Å². The van der Waals surface area contributed by atoms with Crippen LogP contribution < -0.4 is 5.32 Å². The van der Waals surface area contributed by atoms with E-state index in [9.17, 15) is 9.90 Å². The molecule has 0 saturated heterocycles. The number of alkyl carbamates (subject to hydrolysis) is 1. The molecule has 0 bridgehead atoms. The molecule has 0 saturated carbocycles. The number of rotatable bonds is 3. The lowest BCUT2D eigenvalue weighted by Crippen LogP contribution is -2.36. The number of nitrogens with zero attached hydrogens (tertiary/aromatic N) is 1. The number of aliphatic hydroxyl groups is 1. The van der Waals surface area contributed by atoms with Crippen LogP contribution in [-0.2, 0) is 4.74 Å². The SMILES string of the molecule is CC(C)(C)OC(=O)N[C@H](CO)c1ccccn1. The molecule has 0 aromatic carbocycles. The predicted molar refractivity (Wildman–Crippen MR) is 63.4 cm³/mol. The van der Waals surface area contributed by atoms with Crippen LogP contribution >= 0.6 is 0 Å². The number of hydrogen-bond acceptors (Lipinski definition) is 4. The van der Waals surface area contributed by atoms with E-state index in [4.69, 9.17) is 4.74 Å². The highest BCUT2D eigenvalue weighted by Crippen LogP contribution is 2.11. The first-order valence-corrected chi connectivity index (χ1v) is 5.43. The van der Waals surface area contributed by atoms with Gasteiger partial charge in [0.2, 0.25) is 0 Å². The topological polar surface area (TPSA) is 71.5 Å². The number of aromatic nitrogens is 1. The molecule has 5 heteroatoms. The summed E-state index contributed by atoms with van der Waals surface area (Å²) in [4.78, 5) is 15.6. The highest BCUT2D eigenvalue weighted by atomic mass is 16.6. The van der Waals surface area contributed by atoms with Gasteiger partial charge >= 0.3 is 6.09 Å². The molecule has 5 nitrogen and oxygen atoms in total. The summed E-state index contributed by atoms with van der Waals surface area (Å²) in [6.45, 7) is 5.11. The van der Waals surface area contributed by atoms with Crippen LogP contribution in [0.25, 0.3) is 0 Å². The van der Waals surface area contributed by atoms with Crippen LogP contribution in [0.5, 0.6) is 0 Å². The fraction of sp³-hybridized carbons (Fsp3) is 0.500. The Morgan fingerprint density at radius 2 is 2.24 bits per heavy atom. The standard InChI is InChI=1S/C12H18N2O3/c1-12(2,3)17-11(16)14-10(8-15)9-6-4-5-7-13-9/h4-7,10,15H,8H2,1-3H3,(H,14,16)/t10-/m1/s1. The molecule has 0 aliphatic carbocycles. The Morgan fingerprint density at radius 1 is 1.53 bits per heavy atom. The molecule has 0 unspecified atom stereocenters. The average Bonchev–Trinajstić information content (AvgIpc) is 2.24. The Kier molecular flexibility index (Phi) is 4.45. The normalized spacial score (nSPS) is 12.9. The Bertz CT molecular complexity index is 360. The van der Waals surface area contributed by atoms with Gasteiger partial charge < -0.3 is 15.2 Å². The lowest BCUT2D eigenvalue weighted by atomic mass is 10.2. The molecular formula is C12H18N2O3. The summed E-state index contributed by atoms with van der Waals surface area (Å²) in [5, 5.41) is 11.8. The quantitative estimate of drug-likeness (QED) is 0.839. The largest absolute Gasteiger partial charge is 0.444 e. The van der Waals surface area contributed by atoms with Crippen LogP contribution in [0.4, 0.5) is 4.79 Å². The number of nitrogens with one attached hydrogen (secondary N) is 1. The van der Waals surface area contributed by atoms with Crippen molar-refractivity contribution in [2.24, 2.45) is 0 Å². The third-order valence-corrected chi connectivity index (χ3v) is 1.92. The fourth-order valence-electron chi connectivity index (χ4n) is 1.25. The van der Waals surface area contributed by atoms with Crippen molar-refractivity contribution >= 4 is 6.09 Å². The van der Waals surface area contributed by atoms with Crippen molar-refractivity contribution in [3.63, 3.8) is 0 Å². The van der Waals surface area contributed by atoms with Crippen molar-refractivity contribution in [3.05, 3.63) is 30.1 Å². The highest BCUT2D eigenvalue weighted by molar-refractivity contribution is 5.68. The van der Waals surface area contributed by atoms with Gasteiger partial charge in [0.05, 0.1) is 18.3 Å². The van der Waals surface area contributed by atoms with Crippen LogP contribution in [0, 0.1) is 0 Å². The fourth-order valence-corrected chi connectivity index (χ4v) is 1.25. The second-order valence-electron chi connectivity index (χ2n) is 4.64. The number of carbonyl (C=O) groups is 1. The molecular weight excluding hydrogens is 220 g/mol. The van der Waals surface area contributed by atoms with Crippen molar-refractivity contribution in [2.45, 2.75) is 32.4 Å². The smallest absolute Gasteiger partial charge is 0.408 e. The van der Waals surface area contributed by atoms with Gasteiger partial charge in [0.15, 0.2) is 0 Å². The third kappa shape index (κ3) is 4.82. The van der Waals surface area contributed by atoms with Gasteiger partial charge in [-0.3, -0.25) is 4.98 Å². The van der Waals surface area contributed by atoms with E-state index in [1.165, 1.54) is 0 Å². The van der Waals surface area contributed by atoms with Gasteiger partial charge in [0.1, 0.15) is 5.60 Å². The molecule has 1 heterocycles. The van der Waals surface area contributed by atoms with E-state index in [0.29, 0.717) is 5.69 Å². The number of amides is 1. The van der Waals surface area contributed by atoms with E-state index in [-0.39, 0.29) is 6.61 Å². The van der Waals surface area contributed by atoms with E-state index in [1.54, 1.807) is 45.2 Å². The molecule has 0 radical (unpaired) electrons. The minimum Gasteiger partial charge on any atom is -0.444 e. The van der Waals surface area contributed by atoms with Crippen LogP contribution in [0.3, 0.4) is 0 Å². The van der Waals surface area contributed by atoms with Crippen molar-refractivity contribution in [1.29, 1.82) is 0 Å². The number of ether oxygens (including phenoxy) is 1. The summed E-state index contributed by atoms with van der Waals surface area (Å²) in [6, 6.07) is 4.75. The summed E-state index contributed by atoms with van der Waals surface area (Å²) in [7, 11) is 0. The maximum atomic E-state index is 11.5. The summed E-state index contributed by atoms with van der Waals surface area (Å²) >= 11 is 0. The molecule has 1 aromatic heterocycles. The zero-order valence-electron chi connectivity index (χ0n) is 10.3. The van der Waals surface area contributed by atoms with Crippen LogP contribution in [0.1, 0.15) is 32.5 Å². The Hall–Kier alpha value is -1.62. The molecule has 1 atom stereocenters. The summed E-state index contributed by atoms with van der Waals surface area (Å²) in [5.74, 6) is 0. The molecule has 1 rings (SSSR count). The number of aliphatic hydroxyl groups excluding tert-OH is 1. The van der Waals surface area contributed by atoms with Crippen LogP contribution in [0.15, 0.2) is 24.4 Å². The summed E-state index contributed by atoms with van der Waals surface area (Å²) in [5.41, 5.74) is 0.0367. The molecule has 17 heavy (non-hydrogen) atoms. The van der Waals surface area contributed by atoms with Gasteiger partial charge in [-0.2, -0.15) is 0 Å². The van der Waals surface area contributed by atoms with Crippen molar-refractivity contribution < 1.29 is 14.6 Å². The first-order chi connectivity index (χ1) is 7.92. The number of pyridine rings is 1. The number of hydrogen-bond donors (Lipinski definition) is 2. The zero-order valence-corrected chi connectivity index (χ0v) is 10.3. The molecule has 2 N–H and O–H groups in total. The van der Waals surface area contributed by atoms with Crippen molar-refractivity contribution in [1.82, 2.24) is 10.3 Å². The summed E-state index contributed by atoms with van der Waals surface area (Å²) < 4.78 is 5.10. The van der Waals surface area contributed by atoms with Gasteiger partial charge in [-0.15, -0.1) is 0 Å². The zero-order chi connectivity index (χ0) is 12.9. The minimum atomic E-state index is -0.567. The van der Waals surface area contributed by atoms with Crippen molar-refractivity contribution in [2.75, 3.05) is 6.61 Å². The van der Waals surface area contributed by atoms with E-state index in [0.717, 1.165) is 0 Å². The molecule has 0 aliphatic heterocycles. The van der Waals surface area contributed by atoms with Gasteiger partial charge in [-0.25, -0.2) is 4.79 Å². The lowest BCUT2D eigenvalue weighted by Gasteiger charge is -2.22. The molecule has 94 valence electrons. The molecule has 1 amide bonds. The monoisotopic (exact) mass is 238 g/mol. The second kappa shape index (κ2) is 5.63. The maximum Gasteiger partial charge on any atom is 0.408 e. The number of carbonyl (C=O) groups excluding carboxylic acids is 1. The average molecular weight is 238 g/mol. The van der Waals surface area contributed by atoms with E-state index >= 15 is 0 Å². The third-order valence-electron chi connectivity index (χ3n) is 1.92. The molecule has 0 spiro atoms. The maximum absolute atomic E-state index is 11.5.